The summed E-state index contributed by atoms with van der Waals surface area (Å²) >= 11 is 0. The van der Waals surface area contributed by atoms with Crippen LogP contribution in [0.5, 0.6) is 0 Å². The summed E-state index contributed by atoms with van der Waals surface area (Å²) in [6.07, 6.45) is 1.17. The van der Waals surface area contributed by atoms with Gasteiger partial charge in [-0.25, -0.2) is 9.37 Å². The lowest BCUT2D eigenvalue weighted by Gasteiger charge is -2.34. The zero-order chi connectivity index (χ0) is 20.2. The second-order valence-electron chi connectivity index (χ2n) is 7.34. The number of likely N-dealkylation sites (N-methyl/N-ethyl adjacent to an activating group) is 1. The maximum atomic E-state index is 14.1. The summed E-state index contributed by atoms with van der Waals surface area (Å²) in [6.45, 7) is 6.20. The highest BCUT2D eigenvalue weighted by molar-refractivity contribution is 5.62. The normalized spacial score (nSPS) is 14.7. The number of benzene rings is 2. The monoisotopic (exact) mass is 392 g/mol. The molecular weight excluding hydrogens is 367 g/mol. The molecule has 1 saturated heterocycles. The second kappa shape index (κ2) is 8.45. The lowest BCUT2D eigenvalue weighted by Crippen LogP contribution is -2.44. The van der Waals surface area contributed by atoms with Crippen LogP contribution in [0.1, 0.15) is 5.56 Å². The van der Waals surface area contributed by atoms with Gasteiger partial charge in [0.1, 0.15) is 0 Å². The minimum atomic E-state index is -0.499. The van der Waals surface area contributed by atoms with Crippen molar-refractivity contribution >= 4 is 28.8 Å². The first-order valence-corrected chi connectivity index (χ1v) is 9.74. The lowest BCUT2D eigenvalue weighted by molar-refractivity contribution is 0.313. The minimum absolute atomic E-state index is 0.139. The van der Waals surface area contributed by atoms with Crippen molar-refractivity contribution in [3.63, 3.8) is 0 Å². The van der Waals surface area contributed by atoms with E-state index in [1.807, 2.05) is 43.3 Å². The van der Waals surface area contributed by atoms with Gasteiger partial charge in [0, 0.05) is 43.2 Å². The van der Waals surface area contributed by atoms with E-state index < -0.39 is 5.82 Å². The molecule has 3 aromatic rings. The van der Waals surface area contributed by atoms with Gasteiger partial charge >= 0.3 is 0 Å². The van der Waals surface area contributed by atoms with Crippen molar-refractivity contribution in [1.29, 1.82) is 0 Å². The molecule has 0 saturated carbocycles. The third kappa shape index (κ3) is 4.81. The Morgan fingerprint density at radius 1 is 0.862 bits per heavy atom. The molecule has 0 spiro atoms. The number of nitrogens with one attached hydrogen (secondary N) is 2. The number of hydrogen-bond acceptors (Lipinski definition) is 6. The van der Waals surface area contributed by atoms with Gasteiger partial charge in [0.2, 0.25) is 5.95 Å². The van der Waals surface area contributed by atoms with Crippen LogP contribution in [0.4, 0.5) is 33.2 Å². The van der Waals surface area contributed by atoms with Crippen molar-refractivity contribution in [1.82, 2.24) is 14.9 Å². The van der Waals surface area contributed by atoms with Crippen molar-refractivity contribution in [2.24, 2.45) is 0 Å². The molecule has 0 bridgehead atoms. The van der Waals surface area contributed by atoms with Gasteiger partial charge in [0.25, 0.3) is 0 Å². The predicted octanol–water partition coefficient (Wildman–Crippen LogP) is 4.16. The molecule has 2 N–H and O–H groups in total. The number of anilines is 5. The number of rotatable bonds is 5. The first kappa shape index (κ1) is 19.1. The van der Waals surface area contributed by atoms with E-state index in [0.717, 1.165) is 43.1 Å². The second-order valence-corrected chi connectivity index (χ2v) is 7.34. The third-order valence-corrected chi connectivity index (χ3v) is 5.05. The van der Waals surface area contributed by atoms with Crippen molar-refractivity contribution < 1.29 is 4.39 Å². The van der Waals surface area contributed by atoms with Crippen LogP contribution in [-0.2, 0) is 0 Å². The fourth-order valence-corrected chi connectivity index (χ4v) is 3.24. The molecular formula is C22H25FN6. The quantitative estimate of drug-likeness (QED) is 0.680. The Balaban J connectivity index is 1.44. The van der Waals surface area contributed by atoms with Crippen LogP contribution in [0.15, 0.2) is 54.7 Å². The van der Waals surface area contributed by atoms with Crippen molar-refractivity contribution in [3.05, 3.63) is 66.1 Å². The first-order valence-electron chi connectivity index (χ1n) is 9.74. The van der Waals surface area contributed by atoms with Gasteiger partial charge in [0.15, 0.2) is 11.6 Å². The SMILES string of the molecule is Cc1ccc(Nc2nc(Nc3ccc(N4CCN(C)CC4)cc3)ncc2F)cc1. The van der Waals surface area contributed by atoms with Gasteiger partial charge in [0.05, 0.1) is 6.20 Å². The molecule has 1 fully saturated rings. The van der Waals surface area contributed by atoms with E-state index in [9.17, 15) is 4.39 Å². The molecule has 0 amide bonds. The summed E-state index contributed by atoms with van der Waals surface area (Å²) in [7, 11) is 2.15. The van der Waals surface area contributed by atoms with Gasteiger partial charge < -0.3 is 20.4 Å². The topological polar surface area (TPSA) is 56.3 Å². The Kier molecular flexibility index (Phi) is 5.57. The lowest BCUT2D eigenvalue weighted by atomic mass is 10.2. The van der Waals surface area contributed by atoms with E-state index in [0.29, 0.717) is 5.95 Å². The highest BCUT2D eigenvalue weighted by atomic mass is 19.1. The van der Waals surface area contributed by atoms with Crippen LogP contribution in [0.25, 0.3) is 0 Å². The van der Waals surface area contributed by atoms with Crippen LogP contribution < -0.4 is 15.5 Å². The standard InChI is InChI=1S/C22H25FN6/c1-16-3-5-17(6-4-16)25-21-20(23)15-24-22(27-21)26-18-7-9-19(10-8-18)29-13-11-28(2)12-14-29/h3-10,15H,11-14H2,1-2H3,(H2,24,25,26,27). The molecule has 2 aromatic carbocycles. The molecule has 2 heterocycles. The minimum Gasteiger partial charge on any atom is -0.369 e. The van der Waals surface area contributed by atoms with Crippen molar-refractivity contribution in [2.45, 2.75) is 6.92 Å². The van der Waals surface area contributed by atoms with E-state index >= 15 is 0 Å². The first-order chi connectivity index (χ1) is 14.1. The molecule has 0 aliphatic carbocycles. The van der Waals surface area contributed by atoms with Crippen LogP contribution in [0.3, 0.4) is 0 Å². The molecule has 6 nitrogen and oxygen atoms in total. The van der Waals surface area contributed by atoms with Gasteiger partial charge in [-0.15, -0.1) is 0 Å². The highest BCUT2D eigenvalue weighted by Crippen LogP contribution is 2.23. The van der Waals surface area contributed by atoms with E-state index in [4.69, 9.17) is 0 Å². The molecule has 0 unspecified atom stereocenters. The van der Waals surface area contributed by atoms with Crippen LogP contribution in [-0.4, -0.2) is 48.1 Å². The van der Waals surface area contributed by atoms with Crippen LogP contribution >= 0.6 is 0 Å². The third-order valence-electron chi connectivity index (χ3n) is 5.05. The Labute approximate surface area is 170 Å². The number of aromatic nitrogens is 2. The average molecular weight is 392 g/mol. The fraction of sp³-hybridized carbons (Fsp3) is 0.273. The van der Waals surface area contributed by atoms with E-state index in [1.165, 1.54) is 11.9 Å². The molecule has 29 heavy (non-hydrogen) atoms. The molecule has 1 aliphatic rings. The summed E-state index contributed by atoms with van der Waals surface area (Å²) in [6, 6.07) is 15.9. The number of nitrogens with zero attached hydrogens (tertiary/aromatic N) is 4. The molecule has 0 atom stereocenters. The largest absolute Gasteiger partial charge is 0.369 e. The highest BCUT2D eigenvalue weighted by Gasteiger charge is 2.14. The van der Waals surface area contributed by atoms with Gasteiger partial charge in [-0.05, 0) is 50.4 Å². The Morgan fingerprint density at radius 2 is 1.48 bits per heavy atom. The molecule has 7 heteroatoms. The smallest absolute Gasteiger partial charge is 0.229 e. The molecule has 4 rings (SSSR count). The summed E-state index contributed by atoms with van der Waals surface area (Å²) < 4.78 is 14.1. The predicted molar refractivity (Wildman–Crippen MR) is 116 cm³/mol. The molecule has 1 aliphatic heterocycles. The Morgan fingerprint density at radius 3 is 2.17 bits per heavy atom. The Hall–Kier alpha value is -3.19. The van der Waals surface area contributed by atoms with Crippen LogP contribution in [0.2, 0.25) is 0 Å². The number of piperazine rings is 1. The van der Waals surface area contributed by atoms with E-state index in [2.05, 4.69) is 49.6 Å². The average Bonchev–Trinajstić information content (AvgIpc) is 2.73. The van der Waals surface area contributed by atoms with E-state index in [1.54, 1.807) is 0 Å². The molecule has 1 aromatic heterocycles. The number of halogens is 1. The van der Waals surface area contributed by atoms with Gasteiger partial charge in [-0.2, -0.15) is 4.98 Å². The van der Waals surface area contributed by atoms with Crippen molar-refractivity contribution in [2.75, 3.05) is 48.8 Å². The van der Waals surface area contributed by atoms with Gasteiger partial charge in [-0.3, -0.25) is 0 Å². The fourth-order valence-electron chi connectivity index (χ4n) is 3.24. The molecule has 0 radical (unpaired) electrons. The summed E-state index contributed by atoms with van der Waals surface area (Å²) in [4.78, 5) is 13.0. The van der Waals surface area contributed by atoms with E-state index in [-0.39, 0.29) is 5.82 Å². The van der Waals surface area contributed by atoms with Crippen molar-refractivity contribution in [3.8, 4) is 0 Å². The zero-order valence-corrected chi connectivity index (χ0v) is 16.7. The summed E-state index contributed by atoms with van der Waals surface area (Å²) in [5.41, 5.74) is 3.97. The number of hydrogen-bond donors (Lipinski definition) is 2. The summed E-state index contributed by atoms with van der Waals surface area (Å²) in [5.74, 6) is -0.0182. The van der Waals surface area contributed by atoms with Gasteiger partial charge in [-0.1, -0.05) is 17.7 Å². The van der Waals surface area contributed by atoms with Crippen LogP contribution in [0, 0.1) is 12.7 Å². The maximum Gasteiger partial charge on any atom is 0.229 e. The zero-order valence-electron chi connectivity index (χ0n) is 16.7. The maximum absolute atomic E-state index is 14.1. The summed E-state index contributed by atoms with van der Waals surface area (Å²) in [5, 5.41) is 6.15. The number of aryl methyl sites for hydroxylation is 1. The molecule has 150 valence electrons. The Bertz CT molecular complexity index is 950.